The fourth-order valence-electron chi connectivity index (χ4n) is 1.90. The first-order valence-electron chi connectivity index (χ1n) is 4.79. The third kappa shape index (κ3) is 1.51. The smallest absolute Gasteiger partial charge is 0.0719 e. The molecule has 72 valence electrons. The molecule has 0 saturated heterocycles. The van der Waals surface area contributed by atoms with Crippen LogP contribution in [0.4, 0.5) is 0 Å². The lowest BCUT2D eigenvalue weighted by Gasteiger charge is -2.07. The van der Waals surface area contributed by atoms with Gasteiger partial charge in [0, 0.05) is 7.11 Å². The maximum Gasteiger partial charge on any atom is 0.0719 e. The molecule has 0 heterocycles. The van der Waals surface area contributed by atoms with Crippen LogP contribution in [0.15, 0.2) is 36.4 Å². The SMILES string of the molecule is COCc1cccc2cccc(C)c12. The van der Waals surface area contributed by atoms with E-state index in [0.29, 0.717) is 6.61 Å². The van der Waals surface area contributed by atoms with E-state index in [0.717, 1.165) is 0 Å². The zero-order valence-electron chi connectivity index (χ0n) is 8.58. The summed E-state index contributed by atoms with van der Waals surface area (Å²) in [6, 6.07) is 12.7. The molecule has 0 aliphatic carbocycles. The van der Waals surface area contributed by atoms with Crippen LogP contribution in [0.25, 0.3) is 10.8 Å². The van der Waals surface area contributed by atoms with Gasteiger partial charge in [-0.15, -0.1) is 0 Å². The molecule has 14 heavy (non-hydrogen) atoms. The second kappa shape index (κ2) is 3.81. The third-order valence-electron chi connectivity index (χ3n) is 2.50. The Bertz CT molecular complexity index is 441. The zero-order chi connectivity index (χ0) is 9.97. The van der Waals surface area contributed by atoms with Crippen LogP contribution in [0.2, 0.25) is 0 Å². The molecule has 0 bridgehead atoms. The second-order valence-electron chi connectivity index (χ2n) is 3.52. The fourth-order valence-corrected chi connectivity index (χ4v) is 1.90. The Hall–Kier alpha value is -1.34. The highest BCUT2D eigenvalue weighted by atomic mass is 16.5. The molecule has 0 saturated carbocycles. The summed E-state index contributed by atoms with van der Waals surface area (Å²) in [6.07, 6.45) is 0. The van der Waals surface area contributed by atoms with Gasteiger partial charge in [0.25, 0.3) is 0 Å². The lowest BCUT2D eigenvalue weighted by Crippen LogP contribution is -1.90. The van der Waals surface area contributed by atoms with Crippen LogP contribution >= 0.6 is 0 Å². The van der Waals surface area contributed by atoms with Gasteiger partial charge in [0.05, 0.1) is 6.61 Å². The van der Waals surface area contributed by atoms with E-state index in [-0.39, 0.29) is 0 Å². The van der Waals surface area contributed by atoms with Crippen LogP contribution in [0.3, 0.4) is 0 Å². The molecule has 0 atom stereocenters. The number of fused-ring (bicyclic) bond motifs is 1. The summed E-state index contributed by atoms with van der Waals surface area (Å²) in [4.78, 5) is 0. The molecule has 0 radical (unpaired) electrons. The predicted octanol–water partition coefficient (Wildman–Crippen LogP) is 3.29. The molecular weight excluding hydrogens is 172 g/mol. The summed E-state index contributed by atoms with van der Waals surface area (Å²) in [6.45, 7) is 2.82. The van der Waals surface area contributed by atoms with Gasteiger partial charge < -0.3 is 4.74 Å². The molecule has 1 nitrogen and oxygen atoms in total. The van der Waals surface area contributed by atoms with Crippen LogP contribution in [0, 0.1) is 6.92 Å². The minimum atomic E-state index is 0.683. The van der Waals surface area contributed by atoms with Crippen molar-refractivity contribution in [2.45, 2.75) is 13.5 Å². The molecule has 2 aromatic carbocycles. The number of hydrogen-bond acceptors (Lipinski definition) is 1. The molecule has 0 aromatic heterocycles. The minimum Gasteiger partial charge on any atom is -0.380 e. The van der Waals surface area contributed by atoms with E-state index in [1.807, 2.05) is 0 Å². The Morgan fingerprint density at radius 2 is 1.79 bits per heavy atom. The van der Waals surface area contributed by atoms with Gasteiger partial charge in [0.1, 0.15) is 0 Å². The summed E-state index contributed by atoms with van der Waals surface area (Å²) in [5.41, 5.74) is 2.58. The van der Waals surface area contributed by atoms with Crippen molar-refractivity contribution >= 4 is 10.8 Å². The molecule has 0 aliphatic rings. The first kappa shape index (κ1) is 9.22. The average molecular weight is 186 g/mol. The Labute approximate surface area is 84.3 Å². The summed E-state index contributed by atoms with van der Waals surface area (Å²) in [5, 5.41) is 2.62. The van der Waals surface area contributed by atoms with Gasteiger partial charge in [-0.25, -0.2) is 0 Å². The summed E-state index contributed by atoms with van der Waals surface area (Å²) >= 11 is 0. The maximum absolute atomic E-state index is 5.19. The molecule has 2 aromatic rings. The van der Waals surface area contributed by atoms with Crippen LogP contribution in [-0.2, 0) is 11.3 Å². The van der Waals surface area contributed by atoms with Gasteiger partial charge in [0.2, 0.25) is 0 Å². The van der Waals surface area contributed by atoms with Gasteiger partial charge in [-0.05, 0) is 28.8 Å². The minimum absolute atomic E-state index is 0.683. The van der Waals surface area contributed by atoms with Crippen molar-refractivity contribution < 1.29 is 4.74 Å². The topological polar surface area (TPSA) is 9.23 Å². The van der Waals surface area contributed by atoms with Crippen LogP contribution in [0.5, 0.6) is 0 Å². The fraction of sp³-hybridized carbons (Fsp3) is 0.231. The molecule has 0 aliphatic heterocycles. The van der Waals surface area contributed by atoms with E-state index < -0.39 is 0 Å². The Morgan fingerprint density at radius 1 is 1.07 bits per heavy atom. The molecule has 0 unspecified atom stereocenters. The lowest BCUT2D eigenvalue weighted by molar-refractivity contribution is 0.186. The van der Waals surface area contributed by atoms with Crippen LogP contribution in [-0.4, -0.2) is 7.11 Å². The molecule has 1 heteroatoms. The van der Waals surface area contributed by atoms with E-state index in [9.17, 15) is 0 Å². The van der Waals surface area contributed by atoms with Gasteiger partial charge in [0.15, 0.2) is 0 Å². The third-order valence-corrected chi connectivity index (χ3v) is 2.50. The van der Waals surface area contributed by atoms with Crippen molar-refractivity contribution in [2.75, 3.05) is 7.11 Å². The van der Waals surface area contributed by atoms with E-state index in [1.165, 1.54) is 21.9 Å². The normalized spacial score (nSPS) is 10.7. The first-order chi connectivity index (χ1) is 6.83. The van der Waals surface area contributed by atoms with Gasteiger partial charge in [-0.3, -0.25) is 0 Å². The van der Waals surface area contributed by atoms with Crippen LogP contribution in [0.1, 0.15) is 11.1 Å². The van der Waals surface area contributed by atoms with Crippen molar-refractivity contribution in [3.8, 4) is 0 Å². The number of benzene rings is 2. The van der Waals surface area contributed by atoms with Gasteiger partial charge >= 0.3 is 0 Å². The highest BCUT2D eigenvalue weighted by Crippen LogP contribution is 2.22. The Balaban J connectivity index is 2.71. The van der Waals surface area contributed by atoms with E-state index in [1.54, 1.807) is 7.11 Å². The van der Waals surface area contributed by atoms with Gasteiger partial charge in [-0.1, -0.05) is 36.4 Å². The number of ether oxygens (including phenoxy) is 1. The van der Waals surface area contributed by atoms with Gasteiger partial charge in [-0.2, -0.15) is 0 Å². The van der Waals surface area contributed by atoms with Crippen molar-refractivity contribution in [2.24, 2.45) is 0 Å². The number of aryl methyl sites for hydroxylation is 1. The highest BCUT2D eigenvalue weighted by molar-refractivity contribution is 5.88. The summed E-state index contributed by atoms with van der Waals surface area (Å²) in [5.74, 6) is 0. The molecule has 2 rings (SSSR count). The van der Waals surface area contributed by atoms with Crippen molar-refractivity contribution in [3.05, 3.63) is 47.5 Å². The largest absolute Gasteiger partial charge is 0.380 e. The maximum atomic E-state index is 5.19. The standard InChI is InChI=1S/C13H14O/c1-10-5-3-6-11-7-4-8-12(9-14-2)13(10)11/h3-8H,9H2,1-2H3. The molecule has 0 amide bonds. The van der Waals surface area contributed by atoms with Crippen molar-refractivity contribution in [1.29, 1.82) is 0 Å². The van der Waals surface area contributed by atoms with Crippen molar-refractivity contribution in [1.82, 2.24) is 0 Å². The second-order valence-corrected chi connectivity index (χ2v) is 3.52. The summed E-state index contributed by atoms with van der Waals surface area (Å²) < 4.78 is 5.19. The highest BCUT2D eigenvalue weighted by Gasteiger charge is 2.02. The Kier molecular flexibility index (Phi) is 2.51. The number of rotatable bonds is 2. The quantitative estimate of drug-likeness (QED) is 0.699. The van der Waals surface area contributed by atoms with Crippen LogP contribution < -0.4 is 0 Å². The molecule has 0 N–H and O–H groups in total. The average Bonchev–Trinajstić information content (AvgIpc) is 2.19. The molecular formula is C13H14O. The van der Waals surface area contributed by atoms with Crippen molar-refractivity contribution in [3.63, 3.8) is 0 Å². The number of methoxy groups -OCH3 is 1. The monoisotopic (exact) mass is 186 g/mol. The molecule has 0 spiro atoms. The first-order valence-corrected chi connectivity index (χ1v) is 4.79. The van der Waals surface area contributed by atoms with E-state index >= 15 is 0 Å². The van der Waals surface area contributed by atoms with E-state index in [4.69, 9.17) is 4.74 Å². The lowest BCUT2D eigenvalue weighted by atomic mass is 10.0. The molecule has 0 fully saturated rings. The predicted molar refractivity (Wildman–Crippen MR) is 59.4 cm³/mol. The van der Waals surface area contributed by atoms with E-state index in [2.05, 4.69) is 43.3 Å². The zero-order valence-corrected chi connectivity index (χ0v) is 8.58. The number of hydrogen-bond donors (Lipinski definition) is 0. The summed E-state index contributed by atoms with van der Waals surface area (Å²) in [7, 11) is 1.73. The Morgan fingerprint density at radius 3 is 2.50 bits per heavy atom.